The summed E-state index contributed by atoms with van der Waals surface area (Å²) in [4.78, 5) is 9.78. The van der Waals surface area contributed by atoms with E-state index in [0.29, 0.717) is 11.5 Å². The molecule has 0 aliphatic rings. The van der Waals surface area contributed by atoms with Gasteiger partial charge in [0, 0.05) is 60.6 Å². The highest BCUT2D eigenvalue weighted by atomic mass is 14.9. The maximum absolute atomic E-state index is 6.15. The normalized spacial score (nSPS) is 10.5. The Bertz CT molecular complexity index is 1180. The zero-order valence-electron chi connectivity index (χ0n) is 17.9. The van der Waals surface area contributed by atoms with Crippen LogP contribution in [0, 0.1) is 0 Å². The van der Waals surface area contributed by atoms with Gasteiger partial charge in [0.15, 0.2) is 5.82 Å². The third-order valence-corrected chi connectivity index (χ3v) is 5.10. The fourth-order valence-corrected chi connectivity index (χ4v) is 3.47. The lowest BCUT2D eigenvalue weighted by Gasteiger charge is -2.13. The van der Waals surface area contributed by atoms with Crippen molar-refractivity contribution in [3.8, 4) is 33.9 Å². The molecule has 6 nitrogen and oxygen atoms in total. The average molecular weight is 411 g/mol. The lowest BCUT2D eigenvalue weighted by atomic mass is 10.0. The number of rotatable bonds is 6. The average Bonchev–Trinajstić information content (AvgIpc) is 2.83. The summed E-state index contributed by atoms with van der Waals surface area (Å²) >= 11 is 0. The van der Waals surface area contributed by atoms with Crippen molar-refractivity contribution in [2.24, 2.45) is 0 Å². The van der Waals surface area contributed by atoms with Gasteiger partial charge in [-0.15, -0.1) is 0 Å². The molecule has 0 atom stereocenters. The first-order valence-corrected chi connectivity index (χ1v) is 10.1. The summed E-state index contributed by atoms with van der Waals surface area (Å²) in [7, 11) is 5.69. The molecule has 0 spiro atoms. The van der Waals surface area contributed by atoms with Crippen molar-refractivity contribution >= 4 is 22.7 Å². The summed E-state index contributed by atoms with van der Waals surface area (Å²) in [5.41, 5.74) is 14.3. The van der Waals surface area contributed by atoms with E-state index >= 15 is 0 Å². The summed E-state index contributed by atoms with van der Waals surface area (Å²) in [5.74, 6) is 0.669. The van der Waals surface area contributed by atoms with Crippen LogP contribution in [-0.2, 0) is 0 Å². The molecule has 4 rings (SSSR count). The standard InChI is InChI=1S/C25H26N6/c1-27-20-10-17(9-19(26)13-20)23-15-24(18-11-21(28-2)14-22(12-18)29-3)31-25(30-23)16-7-5-4-6-8-16/h4-15,27-29H,26H2,1-3H3. The number of nitrogens with zero attached hydrogens (tertiary/aromatic N) is 2. The van der Waals surface area contributed by atoms with Crippen LogP contribution in [0.5, 0.6) is 0 Å². The predicted octanol–water partition coefficient (Wildman–Crippen LogP) is 5.18. The van der Waals surface area contributed by atoms with Crippen LogP contribution in [0.4, 0.5) is 22.7 Å². The predicted molar refractivity (Wildman–Crippen MR) is 131 cm³/mol. The van der Waals surface area contributed by atoms with Gasteiger partial charge in [-0.1, -0.05) is 30.3 Å². The molecule has 0 fully saturated rings. The number of benzene rings is 3. The molecule has 0 aliphatic carbocycles. The van der Waals surface area contributed by atoms with Gasteiger partial charge in [-0.25, -0.2) is 9.97 Å². The van der Waals surface area contributed by atoms with Gasteiger partial charge in [-0.3, -0.25) is 0 Å². The Hall–Kier alpha value is -4.06. The summed E-state index contributed by atoms with van der Waals surface area (Å²) in [6.07, 6.45) is 0. The van der Waals surface area contributed by atoms with Crippen molar-refractivity contribution < 1.29 is 0 Å². The Balaban J connectivity index is 1.94. The minimum absolute atomic E-state index is 0.669. The van der Waals surface area contributed by atoms with Gasteiger partial charge in [0.05, 0.1) is 11.4 Å². The Labute approximate surface area is 182 Å². The smallest absolute Gasteiger partial charge is 0.160 e. The van der Waals surface area contributed by atoms with E-state index in [2.05, 4.69) is 34.1 Å². The number of hydrogen-bond donors (Lipinski definition) is 4. The molecular weight excluding hydrogens is 384 g/mol. The van der Waals surface area contributed by atoms with E-state index < -0.39 is 0 Å². The van der Waals surface area contributed by atoms with Gasteiger partial charge in [0.1, 0.15) is 0 Å². The Morgan fingerprint density at radius 2 is 1.10 bits per heavy atom. The van der Waals surface area contributed by atoms with Crippen molar-refractivity contribution in [2.45, 2.75) is 0 Å². The third-order valence-electron chi connectivity index (χ3n) is 5.10. The van der Waals surface area contributed by atoms with Crippen molar-refractivity contribution in [3.63, 3.8) is 0 Å². The van der Waals surface area contributed by atoms with E-state index in [-0.39, 0.29) is 0 Å². The highest BCUT2D eigenvalue weighted by molar-refractivity contribution is 5.78. The molecule has 6 heteroatoms. The second kappa shape index (κ2) is 8.75. The maximum Gasteiger partial charge on any atom is 0.160 e. The highest BCUT2D eigenvalue weighted by Gasteiger charge is 2.12. The zero-order chi connectivity index (χ0) is 21.8. The maximum atomic E-state index is 6.15. The summed E-state index contributed by atoms with van der Waals surface area (Å²) < 4.78 is 0. The fourth-order valence-electron chi connectivity index (χ4n) is 3.47. The lowest BCUT2D eigenvalue weighted by molar-refractivity contribution is 1.18. The molecule has 4 aromatic rings. The number of nitrogens with two attached hydrogens (primary N) is 1. The van der Waals surface area contributed by atoms with E-state index in [1.807, 2.05) is 75.7 Å². The summed E-state index contributed by atoms with van der Waals surface area (Å²) in [5, 5.41) is 9.60. The second-order valence-corrected chi connectivity index (χ2v) is 7.22. The Kier molecular flexibility index (Phi) is 5.71. The van der Waals surface area contributed by atoms with Crippen LogP contribution in [0.3, 0.4) is 0 Å². The molecule has 1 aromatic heterocycles. The first-order chi connectivity index (χ1) is 15.1. The molecular formula is C25H26N6. The van der Waals surface area contributed by atoms with Gasteiger partial charge >= 0.3 is 0 Å². The monoisotopic (exact) mass is 410 g/mol. The van der Waals surface area contributed by atoms with Crippen molar-refractivity contribution in [1.82, 2.24) is 9.97 Å². The first kappa shape index (κ1) is 20.2. The van der Waals surface area contributed by atoms with Gasteiger partial charge in [0.25, 0.3) is 0 Å². The quantitative estimate of drug-likeness (QED) is 0.327. The van der Waals surface area contributed by atoms with Crippen molar-refractivity contribution in [2.75, 3.05) is 42.8 Å². The molecule has 0 aliphatic heterocycles. The SMILES string of the molecule is CNc1cc(N)cc(-c2cc(-c3cc(NC)cc(NC)c3)nc(-c3ccccc3)n2)c1. The van der Waals surface area contributed by atoms with Crippen LogP contribution in [0.25, 0.3) is 33.9 Å². The molecule has 5 N–H and O–H groups in total. The van der Waals surface area contributed by atoms with Crippen LogP contribution >= 0.6 is 0 Å². The summed E-state index contributed by atoms with van der Waals surface area (Å²) in [6, 6.07) is 24.1. The molecule has 0 amide bonds. The fraction of sp³-hybridized carbons (Fsp3) is 0.120. The van der Waals surface area contributed by atoms with E-state index in [1.165, 1.54) is 0 Å². The third kappa shape index (κ3) is 4.43. The van der Waals surface area contributed by atoms with Crippen LogP contribution in [0.2, 0.25) is 0 Å². The number of nitrogen functional groups attached to an aromatic ring is 1. The largest absolute Gasteiger partial charge is 0.399 e. The highest BCUT2D eigenvalue weighted by Crippen LogP contribution is 2.32. The molecule has 0 bridgehead atoms. The van der Waals surface area contributed by atoms with Gasteiger partial charge < -0.3 is 21.7 Å². The molecule has 3 aromatic carbocycles. The topological polar surface area (TPSA) is 87.9 Å². The number of aromatic nitrogens is 2. The summed E-state index contributed by atoms with van der Waals surface area (Å²) in [6.45, 7) is 0. The number of anilines is 4. The van der Waals surface area contributed by atoms with Crippen molar-refractivity contribution in [3.05, 3.63) is 72.8 Å². The van der Waals surface area contributed by atoms with E-state index in [9.17, 15) is 0 Å². The molecule has 1 heterocycles. The first-order valence-electron chi connectivity index (χ1n) is 10.1. The minimum Gasteiger partial charge on any atom is -0.399 e. The van der Waals surface area contributed by atoms with E-state index in [0.717, 1.165) is 45.1 Å². The van der Waals surface area contributed by atoms with Crippen LogP contribution < -0.4 is 21.7 Å². The van der Waals surface area contributed by atoms with Gasteiger partial charge in [0.2, 0.25) is 0 Å². The molecule has 0 saturated heterocycles. The van der Waals surface area contributed by atoms with Crippen LogP contribution in [0.1, 0.15) is 0 Å². The van der Waals surface area contributed by atoms with Crippen molar-refractivity contribution in [1.29, 1.82) is 0 Å². The molecule has 0 unspecified atom stereocenters. The number of nitrogens with one attached hydrogen (secondary N) is 3. The molecule has 156 valence electrons. The molecule has 0 saturated carbocycles. The zero-order valence-corrected chi connectivity index (χ0v) is 17.9. The number of hydrogen-bond acceptors (Lipinski definition) is 6. The van der Waals surface area contributed by atoms with Gasteiger partial charge in [-0.05, 0) is 42.5 Å². The Morgan fingerprint density at radius 1 is 0.581 bits per heavy atom. The van der Waals surface area contributed by atoms with Gasteiger partial charge in [-0.2, -0.15) is 0 Å². The van der Waals surface area contributed by atoms with E-state index in [4.69, 9.17) is 15.7 Å². The molecule has 31 heavy (non-hydrogen) atoms. The van der Waals surface area contributed by atoms with Crippen LogP contribution in [0.15, 0.2) is 72.8 Å². The van der Waals surface area contributed by atoms with E-state index in [1.54, 1.807) is 0 Å². The molecule has 0 radical (unpaired) electrons. The lowest BCUT2D eigenvalue weighted by Crippen LogP contribution is -1.99. The second-order valence-electron chi connectivity index (χ2n) is 7.22. The van der Waals surface area contributed by atoms with Crippen LogP contribution in [-0.4, -0.2) is 31.1 Å². The Morgan fingerprint density at radius 3 is 1.65 bits per heavy atom. The minimum atomic E-state index is 0.669.